The van der Waals surface area contributed by atoms with Gasteiger partial charge in [-0.05, 0) is 26.8 Å². The fourth-order valence-electron chi connectivity index (χ4n) is 1.24. The van der Waals surface area contributed by atoms with E-state index in [9.17, 15) is 4.79 Å². The van der Waals surface area contributed by atoms with E-state index in [1.54, 1.807) is 6.92 Å². The van der Waals surface area contributed by atoms with Crippen LogP contribution in [0.25, 0.3) is 0 Å². The summed E-state index contributed by atoms with van der Waals surface area (Å²) >= 11 is 0. The number of carbonyl (C=O) groups is 1. The Hall–Kier alpha value is -0.650. The predicted octanol–water partition coefficient (Wildman–Crippen LogP) is 0.971. The van der Waals surface area contributed by atoms with Crippen LogP contribution in [0.3, 0.4) is 0 Å². The highest BCUT2D eigenvalue weighted by atomic mass is 16.5. The van der Waals surface area contributed by atoms with Gasteiger partial charge >= 0.3 is 5.97 Å². The van der Waals surface area contributed by atoms with E-state index in [-0.39, 0.29) is 12.0 Å². The molecular weight excluding hydrogens is 222 g/mol. The Morgan fingerprint density at radius 1 is 1.12 bits per heavy atom. The fourth-order valence-corrected chi connectivity index (χ4v) is 1.24. The van der Waals surface area contributed by atoms with E-state index in [1.807, 2.05) is 13.8 Å². The molecule has 5 nitrogen and oxygen atoms in total. The van der Waals surface area contributed by atoms with Gasteiger partial charge < -0.3 is 19.5 Å². The normalized spacial score (nSPS) is 12.4. The number of ether oxygens (including phenoxy) is 3. The highest BCUT2D eigenvalue weighted by molar-refractivity contribution is 5.75. The zero-order valence-corrected chi connectivity index (χ0v) is 11.2. The van der Waals surface area contributed by atoms with E-state index in [1.165, 1.54) is 0 Å². The third-order valence-corrected chi connectivity index (χ3v) is 2.07. The topological polar surface area (TPSA) is 56.8 Å². The zero-order valence-electron chi connectivity index (χ0n) is 11.2. The van der Waals surface area contributed by atoms with Crippen molar-refractivity contribution in [1.29, 1.82) is 0 Å². The first-order valence-corrected chi connectivity index (χ1v) is 6.31. The fraction of sp³-hybridized carbons (Fsp3) is 0.917. The largest absolute Gasteiger partial charge is 0.465 e. The molecule has 0 fully saturated rings. The lowest BCUT2D eigenvalue weighted by Crippen LogP contribution is -2.42. The molecule has 0 spiro atoms. The quantitative estimate of drug-likeness (QED) is 0.435. The van der Waals surface area contributed by atoms with Crippen LogP contribution < -0.4 is 5.32 Å². The molecule has 1 N–H and O–H groups in total. The summed E-state index contributed by atoms with van der Waals surface area (Å²) in [4.78, 5) is 11.6. The Morgan fingerprint density at radius 2 is 1.82 bits per heavy atom. The first-order valence-electron chi connectivity index (χ1n) is 6.31. The van der Waals surface area contributed by atoms with Gasteiger partial charge in [0.05, 0.1) is 26.4 Å². The van der Waals surface area contributed by atoms with E-state index in [2.05, 4.69) is 5.32 Å². The van der Waals surface area contributed by atoms with Gasteiger partial charge in [0.25, 0.3) is 0 Å². The van der Waals surface area contributed by atoms with Crippen molar-refractivity contribution in [3.05, 3.63) is 0 Å². The molecule has 0 saturated heterocycles. The second-order valence-electron chi connectivity index (χ2n) is 3.53. The van der Waals surface area contributed by atoms with Crippen LogP contribution in [0.15, 0.2) is 0 Å². The molecule has 0 rings (SSSR count). The van der Waals surface area contributed by atoms with Crippen LogP contribution in [-0.2, 0) is 19.0 Å². The second kappa shape index (κ2) is 11.8. The van der Waals surface area contributed by atoms with Crippen LogP contribution in [0, 0.1) is 0 Å². The number of hydrogen-bond acceptors (Lipinski definition) is 5. The Bertz CT molecular complexity index is 187. The number of nitrogens with one attached hydrogen (secondary N) is 1. The molecule has 0 aromatic rings. The summed E-state index contributed by atoms with van der Waals surface area (Å²) < 4.78 is 15.5. The predicted molar refractivity (Wildman–Crippen MR) is 66.0 cm³/mol. The van der Waals surface area contributed by atoms with Gasteiger partial charge in [-0.3, -0.25) is 4.79 Å². The molecule has 0 saturated carbocycles. The summed E-state index contributed by atoms with van der Waals surface area (Å²) in [5.41, 5.74) is 0. The molecule has 0 aliphatic carbocycles. The molecule has 0 aromatic heterocycles. The summed E-state index contributed by atoms with van der Waals surface area (Å²) in [5, 5.41) is 3.10. The van der Waals surface area contributed by atoms with Crippen LogP contribution in [0.4, 0.5) is 0 Å². The second-order valence-corrected chi connectivity index (χ2v) is 3.53. The first kappa shape index (κ1) is 16.4. The maximum absolute atomic E-state index is 11.6. The highest BCUT2D eigenvalue weighted by Gasteiger charge is 2.18. The molecule has 0 aliphatic heterocycles. The van der Waals surface area contributed by atoms with E-state index in [0.717, 1.165) is 13.0 Å². The van der Waals surface area contributed by atoms with E-state index < -0.39 is 0 Å². The minimum atomic E-state index is -0.378. The Kier molecular flexibility index (Phi) is 11.4. The van der Waals surface area contributed by atoms with Crippen molar-refractivity contribution in [2.24, 2.45) is 0 Å². The summed E-state index contributed by atoms with van der Waals surface area (Å²) in [6, 6.07) is -0.378. The van der Waals surface area contributed by atoms with E-state index >= 15 is 0 Å². The third kappa shape index (κ3) is 9.09. The molecule has 17 heavy (non-hydrogen) atoms. The van der Waals surface area contributed by atoms with Crippen LogP contribution >= 0.6 is 0 Å². The van der Waals surface area contributed by atoms with Gasteiger partial charge in [0.1, 0.15) is 6.04 Å². The Balaban J connectivity index is 3.80. The smallest absolute Gasteiger partial charge is 0.325 e. The van der Waals surface area contributed by atoms with E-state index in [4.69, 9.17) is 14.2 Å². The first-order chi connectivity index (χ1) is 8.26. The molecule has 102 valence electrons. The van der Waals surface area contributed by atoms with Gasteiger partial charge in [0.2, 0.25) is 0 Å². The van der Waals surface area contributed by atoms with Gasteiger partial charge in [-0.25, -0.2) is 0 Å². The minimum absolute atomic E-state index is 0.252. The number of carbonyl (C=O) groups excluding carboxylic acids is 1. The maximum Gasteiger partial charge on any atom is 0.325 e. The maximum atomic E-state index is 11.6. The number of rotatable bonds is 11. The molecule has 0 amide bonds. The van der Waals surface area contributed by atoms with Crippen molar-refractivity contribution in [1.82, 2.24) is 5.32 Å². The minimum Gasteiger partial charge on any atom is -0.465 e. The lowest BCUT2D eigenvalue weighted by atomic mass is 10.3. The molecule has 1 atom stereocenters. The molecule has 0 heterocycles. The van der Waals surface area contributed by atoms with Gasteiger partial charge in [-0.15, -0.1) is 0 Å². The average molecular weight is 247 g/mol. The Morgan fingerprint density at radius 3 is 2.41 bits per heavy atom. The highest BCUT2D eigenvalue weighted by Crippen LogP contribution is 1.93. The van der Waals surface area contributed by atoms with Crippen molar-refractivity contribution < 1.29 is 19.0 Å². The average Bonchev–Trinajstić information content (AvgIpc) is 2.33. The molecule has 5 heteroatoms. The van der Waals surface area contributed by atoms with E-state index in [0.29, 0.717) is 33.0 Å². The van der Waals surface area contributed by atoms with Gasteiger partial charge in [-0.1, -0.05) is 6.92 Å². The summed E-state index contributed by atoms with van der Waals surface area (Å²) in [6.07, 6.45) is 0.967. The third-order valence-electron chi connectivity index (χ3n) is 2.07. The van der Waals surface area contributed by atoms with Gasteiger partial charge in [-0.2, -0.15) is 0 Å². The van der Waals surface area contributed by atoms with Gasteiger partial charge in [0, 0.05) is 6.61 Å². The number of hydrogen-bond donors (Lipinski definition) is 1. The molecule has 0 bridgehead atoms. The lowest BCUT2D eigenvalue weighted by molar-refractivity contribution is -0.147. The van der Waals surface area contributed by atoms with Crippen molar-refractivity contribution in [3.63, 3.8) is 0 Å². The van der Waals surface area contributed by atoms with Crippen molar-refractivity contribution in [2.75, 3.05) is 39.6 Å². The SMILES string of the molecule is CCCNC(COCCOCC)C(=O)OCC. The van der Waals surface area contributed by atoms with Crippen LogP contribution in [0.2, 0.25) is 0 Å². The Labute approximate surface area is 104 Å². The van der Waals surface area contributed by atoms with Crippen LogP contribution in [0.1, 0.15) is 27.2 Å². The van der Waals surface area contributed by atoms with Crippen molar-refractivity contribution >= 4 is 5.97 Å². The van der Waals surface area contributed by atoms with Crippen LogP contribution in [-0.4, -0.2) is 51.6 Å². The molecule has 0 radical (unpaired) electrons. The summed E-state index contributed by atoms with van der Waals surface area (Å²) in [6.45, 7) is 9.00. The number of esters is 1. The van der Waals surface area contributed by atoms with Crippen molar-refractivity contribution in [3.8, 4) is 0 Å². The molecule has 0 aliphatic rings. The molecule has 0 aromatic carbocycles. The van der Waals surface area contributed by atoms with Crippen LogP contribution in [0.5, 0.6) is 0 Å². The summed E-state index contributed by atoms with van der Waals surface area (Å²) in [7, 11) is 0. The van der Waals surface area contributed by atoms with Crippen molar-refractivity contribution in [2.45, 2.75) is 33.2 Å². The summed E-state index contributed by atoms with van der Waals surface area (Å²) in [5.74, 6) is -0.252. The molecular formula is C12H25NO4. The zero-order chi connectivity index (χ0) is 12.9. The standard InChI is InChI=1S/C12H25NO4/c1-4-7-13-11(12(14)17-6-3)10-16-9-8-15-5-2/h11,13H,4-10H2,1-3H3. The molecule has 1 unspecified atom stereocenters. The lowest BCUT2D eigenvalue weighted by Gasteiger charge is -2.16. The monoisotopic (exact) mass is 247 g/mol. The van der Waals surface area contributed by atoms with Gasteiger partial charge in [0.15, 0.2) is 0 Å².